The number of imide groups is 1. The first-order valence-electron chi connectivity index (χ1n) is 25.5. The molecule has 5 amide bonds. The number of piperidine rings is 2. The molecule has 1 unspecified atom stereocenters. The third kappa shape index (κ3) is 11.5. The van der Waals surface area contributed by atoms with Crippen molar-refractivity contribution in [3.63, 3.8) is 0 Å². The predicted molar refractivity (Wildman–Crippen MR) is 277 cm³/mol. The molecular weight excluding hydrogens is 951 g/mol. The number of fused-ring (bicyclic) bond motifs is 1. The van der Waals surface area contributed by atoms with Crippen molar-refractivity contribution in [3.8, 4) is 22.9 Å². The molecule has 9 rings (SSSR count). The maximum Gasteiger partial charge on any atom is 0.255 e. The third-order valence-corrected chi connectivity index (χ3v) is 15.0. The monoisotopic (exact) mass is 1020 g/mol. The minimum atomic E-state index is -0.807. The number of allylic oxidation sites excluding steroid dienone is 1. The van der Waals surface area contributed by atoms with Gasteiger partial charge in [-0.05, 0) is 99.7 Å². The topological polar surface area (TPSA) is 214 Å². The van der Waals surface area contributed by atoms with Crippen molar-refractivity contribution >= 4 is 46.6 Å². The summed E-state index contributed by atoms with van der Waals surface area (Å²) in [5.74, 6) is -1.74. The molecule has 2 aromatic heterocycles. The molecule has 20 heteroatoms. The molecule has 4 saturated heterocycles. The zero-order valence-electron chi connectivity index (χ0n) is 41.7. The Morgan fingerprint density at radius 2 is 1.68 bits per heavy atom. The highest BCUT2D eigenvalue weighted by Gasteiger charge is 2.41. The number of hydrogen-bond donors (Lipinski definition) is 3. The lowest BCUT2D eigenvalue weighted by atomic mass is 9.86. The lowest BCUT2D eigenvalue weighted by Gasteiger charge is -2.46. The van der Waals surface area contributed by atoms with Crippen LogP contribution in [0.25, 0.3) is 16.7 Å². The fraction of sp³-hybridized carbons (Fsp3) is 0.444. The molecule has 18 nitrogen and oxygen atoms in total. The Kier molecular flexibility index (Phi) is 15.8. The average molecular weight is 1020 g/mol. The molecule has 1 atom stereocenters. The highest BCUT2D eigenvalue weighted by molar-refractivity contribution is 6.05. The van der Waals surface area contributed by atoms with Crippen molar-refractivity contribution in [2.24, 2.45) is 5.73 Å². The molecule has 0 saturated carbocycles. The zero-order valence-corrected chi connectivity index (χ0v) is 41.7. The number of nitrogens with zero attached hydrogens (tertiary/aromatic N) is 9. The first-order valence-corrected chi connectivity index (χ1v) is 25.5. The smallest absolute Gasteiger partial charge is 0.255 e. The first-order chi connectivity index (χ1) is 35.8. The van der Waals surface area contributed by atoms with Crippen LogP contribution in [0.3, 0.4) is 0 Å². The van der Waals surface area contributed by atoms with Gasteiger partial charge in [0.05, 0.1) is 35.2 Å². The van der Waals surface area contributed by atoms with Crippen LogP contribution >= 0.6 is 0 Å². The van der Waals surface area contributed by atoms with Crippen molar-refractivity contribution in [1.82, 2.24) is 40.2 Å². The number of carbonyl (C=O) groups is 5. The van der Waals surface area contributed by atoms with E-state index in [1.807, 2.05) is 42.2 Å². The van der Waals surface area contributed by atoms with Gasteiger partial charge in [0.2, 0.25) is 17.7 Å². The molecule has 4 N–H and O–H groups in total. The number of hydrogen-bond acceptors (Lipinski definition) is 14. The van der Waals surface area contributed by atoms with E-state index in [0.29, 0.717) is 119 Å². The number of amides is 5. The molecule has 7 heterocycles. The number of unbranched alkanes of at least 4 members (excludes halogenated alkanes) is 1. The number of anilines is 2. The van der Waals surface area contributed by atoms with E-state index in [4.69, 9.17) is 15.5 Å². The molecule has 5 aliphatic rings. The van der Waals surface area contributed by atoms with E-state index in [-0.39, 0.29) is 38.1 Å². The second-order valence-electron chi connectivity index (χ2n) is 19.6. The molecule has 4 fully saturated rings. The largest absolute Gasteiger partial charge is 0.492 e. The number of aromatic nitrogens is 2. The first kappa shape index (κ1) is 51.4. The number of piperazine rings is 2. The van der Waals surface area contributed by atoms with Gasteiger partial charge in [0.15, 0.2) is 0 Å². The summed E-state index contributed by atoms with van der Waals surface area (Å²) in [7, 11) is 0. The van der Waals surface area contributed by atoms with Gasteiger partial charge in [-0.15, -0.1) is 0 Å². The minimum absolute atomic E-state index is 0. The number of pyridine rings is 2. The molecule has 392 valence electrons. The Labute approximate surface area is 432 Å². The molecule has 4 aromatic rings. The molecule has 0 radical (unpaired) electrons. The highest BCUT2D eigenvalue weighted by atomic mass is 19.1. The van der Waals surface area contributed by atoms with Gasteiger partial charge >= 0.3 is 0 Å². The normalized spacial score (nSPS) is 19.5. The van der Waals surface area contributed by atoms with Crippen LogP contribution in [0.2, 0.25) is 0 Å². The lowest BCUT2D eigenvalue weighted by molar-refractivity contribution is -0.137. The lowest BCUT2D eigenvalue weighted by Crippen LogP contribution is -2.62. The fourth-order valence-corrected chi connectivity index (χ4v) is 10.8. The van der Waals surface area contributed by atoms with Crippen LogP contribution in [0.15, 0.2) is 73.2 Å². The van der Waals surface area contributed by atoms with Gasteiger partial charge in [-0.1, -0.05) is 6.07 Å². The molecule has 74 heavy (non-hydrogen) atoms. The van der Waals surface area contributed by atoms with Crippen LogP contribution in [0.5, 0.6) is 5.75 Å². The Morgan fingerprint density at radius 3 is 2.38 bits per heavy atom. The quantitative estimate of drug-likeness (QED) is 0.0782. The van der Waals surface area contributed by atoms with Crippen LogP contribution < -0.4 is 30.9 Å². The molecule has 0 spiro atoms. The molecule has 5 aliphatic heterocycles. The van der Waals surface area contributed by atoms with Gasteiger partial charge in [-0.2, -0.15) is 5.26 Å². The maximum atomic E-state index is 14.9. The van der Waals surface area contributed by atoms with Crippen LogP contribution in [-0.4, -0.2) is 156 Å². The minimum Gasteiger partial charge on any atom is -0.492 e. The SMILES string of the molecule is CCOc1cnc(/C(C#N)=C\N)c(-c2ccc(N3CCC(CN4CCN(C(=O)CCCCN5CCN(c6ccc7c(c6)C(=O)N(C6CCC(=O)NC6=O)C7)CC5)CC4)(NC(=O)c4cc(F)ccc4F)CC3)nc2)c1.[HH].[HH]. The van der Waals surface area contributed by atoms with Gasteiger partial charge in [0.25, 0.3) is 11.8 Å². The number of benzene rings is 2. The van der Waals surface area contributed by atoms with Crippen molar-refractivity contribution in [1.29, 1.82) is 5.26 Å². The number of ether oxygens (including phenoxy) is 1. The summed E-state index contributed by atoms with van der Waals surface area (Å²) >= 11 is 0. The number of nitrogens with two attached hydrogens (primary N) is 1. The van der Waals surface area contributed by atoms with Crippen molar-refractivity contribution in [2.75, 3.05) is 94.9 Å². The standard InChI is InChI=1S/C54H62F2N12O6.2H2/c1-2-74-41-29-42(50(60-33-41)38(30-57)31-58)36-7-12-47(59-32-36)66-17-14-54(15-18-66,62-51(71)44-27-39(55)8-10-45(44)56)35-64-21-25-67(26-22-64)49(70)5-3-4-16-63-19-23-65(24-20-63)40-9-6-37-34-68(53(73)43(37)28-40)46-11-13-48(69)61-52(46)72;;/h6-10,12,27-30,32-33,46H,2-5,11,13-26,34-35,57H2,1H3,(H,62,71)(H,61,69,72);2*1H/b38-30-;;. The number of nitrogens with one attached hydrogen (secondary N) is 2. The van der Waals surface area contributed by atoms with Crippen molar-refractivity contribution < 1.29 is 40.3 Å². The van der Waals surface area contributed by atoms with E-state index in [2.05, 4.69) is 41.3 Å². The number of halogens is 2. The molecule has 2 aromatic carbocycles. The van der Waals surface area contributed by atoms with E-state index in [9.17, 15) is 38.0 Å². The highest BCUT2D eigenvalue weighted by Crippen LogP contribution is 2.34. The van der Waals surface area contributed by atoms with Crippen LogP contribution in [0.4, 0.5) is 20.3 Å². The fourth-order valence-electron chi connectivity index (χ4n) is 10.8. The summed E-state index contributed by atoms with van der Waals surface area (Å²) in [4.78, 5) is 86.5. The van der Waals surface area contributed by atoms with E-state index in [1.165, 1.54) is 6.20 Å². The Balaban J connectivity index is 0.00000420. The molecule has 0 bridgehead atoms. The van der Waals surface area contributed by atoms with E-state index in [0.717, 1.165) is 75.0 Å². The van der Waals surface area contributed by atoms with Crippen LogP contribution in [-0.2, 0) is 20.9 Å². The second-order valence-corrected chi connectivity index (χ2v) is 19.6. The third-order valence-electron chi connectivity index (χ3n) is 15.0. The predicted octanol–water partition coefficient (Wildman–Crippen LogP) is 4.80. The summed E-state index contributed by atoms with van der Waals surface area (Å²) in [5, 5.41) is 15.2. The van der Waals surface area contributed by atoms with Gasteiger partial charge in [0, 0.05) is 129 Å². The van der Waals surface area contributed by atoms with Gasteiger partial charge in [0.1, 0.15) is 35.3 Å². The van der Waals surface area contributed by atoms with Crippen LogP contribution in [0, 0.1) is 23.0 Å². The Hall–Kier alpha value is -7.50. The summed E-state index contributed by atoms with van der Waals surface area (Å²) in [6, 6.07) is 15.8. The Morgan fingerprint density at radius 1 is 0.905 bits per heavy atom. The number of carbonyl (C=O) groups excluding carboxylic acids is 5. The van der Waals surface area contributed by atoms with E-state index in [1.54, 1.807) is 23.4 Å². The number of rotatable bonds is 16. The zero-order chi connectivity index (χ0) is 51.9. The van der Waals surface area contributed by atoms with Crippen LogP contribution in [0.1, 0.15) is 86.7 Å². The second kappa shape index (κ2) is 22.7. The summed E-state index contributed by atoms with van der Waals surface area (Å²) in [6.07, 6.45) is 8.12. The van der Waals surface area contributed by atoms with E-state index < -0.39 is 35.0 Å². The van der Waals surface area contributed by atoms with E-state index >= 15 is 0 Å². The van der Waals surface area contributed by atoms with Crippen molar-refractivity contribution in [3.05, 3.63) is 107 Å². The molecular formula is C54H66F2N12O6. The van der Waals surface area contributed by atoms with Gasteiger partial charge in [-0.25, -0.2) is 13.8 Å². The molecule has 0 aliphatic carbocycles. The Bertz CT molecular complexity index is 2850. The summed E-state index contributed by atoms with van der Waals surface area (Å²) in [6.45, 7) is 10.6. The summed E-state index contributed by atoms with van der Waals surface area (Å²) in [5.41, 5.74) is 9.06. The number of nitriles is 1. The van der Waals surface area contributed by atoms with Crippen molar-refractivity contribution in [2.45, 2.75) is 70.0 Å². The van der Waals surface area contributed by atoms with Gasteiger partial charge < -0.3 is 35.4 Å². The maximum absolute atomic E-state index is 14.9. The van der Waals surface area contributed by atoms with Gasteiger partial charge in [-0.3, -0.25) is 44.1 Å². The summed E-state index contributed by atoms with van der Waals surface area (Å²) < 4.78 is 34.9. The average Bonchev–Trinajstić information content (AvgIpc) is 3.74.